The van der Waals surface area contributed by atoms with Crippen molar-refractivity contribution in [1.82, 2.24) is 0 Å². The summed E-state index contributed by atoms with van der Waals surface area (Å²) in [6.45, 7) is 16.5. The lowest BCUT2D eigenvalue weighted by Crippen LogP contribution is -2.27. The highest BCUT2D eigenvalue weighted by atomic mass is 16.1. The summed E-state index contributed by atoms with van der Waals surface area (Å²) in [5, 5.41) is 0. The van der Waals surface area contributed by atoms with Gasteiger partial charge in [-0.25, -0.2) is 0 Å². The van der Waals surface area contributed by atoms with Gasteiger partial charge in [-0.2, -0.15) is 0 Å². The molecule has 0 saturated heterocycles. The lowest BCUT2D eigenvalue weighted by atomic mass is 9.72. The van der Waals surface area contributed by atoms with Crippen LogP contribution in [0.3, 0.4) is 0 Å². The Hall–Kier alpha value is -2.33. The van der Waals surface area contributed by atoms with Gasteiger partial charge < -0.3 is 0 Å². The summed E-state index contributed by atoms with van der Waals surface area (Å²) in [6, 6.07) is 9.91. The van der Waals surface area contributed by atoms with Gasteiger partial charge in [-0.3, -0.25) is 4.79 Å². The van der Waals surface area contributed by atoms with Crippen LogP contribution in [0.15, 0.2) is 65.3 Å². The molecule has 0 aliphatic heterocycles. The summed E-state index contributed by atoms with van der Waals surface area (Å²) in [5.41, 5.74) is 3.31. The van der Waals surface area contributed by atoms with E-state index >= 15 is 0 Å². The van der Waals surface area contributed by atoms with E-state index in [-0.39, 0.29) is 16.6 Å². The van der Waals surface area contributed by atoms with Crippen LogP contribution in [0.2, 0.25) is 0 Å². The number of allylic oxidation sites excluding steroid dienone is 6. The maximum absolute atomic E-state index is 12.9. The van der Waals surface area contributed by atoms with Crippen molar-refractivity contribution in [3.05, 3.63) is 70.8 Å². The summed E-state index contributed by atoms with van der Waals surface area (Å²) in [4.78, 5) is 12.9. The number of ketones is 1. The minimum absolute atomic E-state index is 0.156. The van der Waals surface area contributed by atoms with Crippen LogP contribution in [0.1, 0.15) is 61.0 Å². The summed E-state index contributed by atoms with van der Waals surface area (Å²) in [5.74, 6) is 6.41. The third-order valence-electron chi connectivity index (χ3n) is 3.96. The largest absolute Gasteiger partial charge is 0.289 e. The molecule has 0 spiro atoms. The van der Waals surface area contributed by atoms with Gasteiger partial charge in [0.2, 0.25) is 0 Å². The van der Waals surface area contributed by atoms with Crippen LogP contribution in [0.4, 0.5) is 0 Å². The Balaban J connectivity index is 0.00000163. The smallest absolute Gasteiger partial charge is 0.186 e. The lowest BCUT2D eigenvalue weighted by Gasteiger charge is -2.31. The molecule has 0 radical (unpaired) electrons. The Bertz CT molecular complexity index is 741. The standard InChI is InChI=1S/C23H26O.C2H6/c1-22(2,3)19-15-18(16-20(21(19)24)23(4,5)6)14-10-13-17-11-8-7-9-12-17;1-2/h7-9,11-12,14-16H,1-6H3;1-2H3. The summed E-state index contributed by atoms with van der Waals surface area (Å²) < 4.78 is 0. The van der Waals surface area contributed by atoms with Crippen molar-refractivity contribution in [1.29, 1.82) is 0 Å². The summed E-state index contributed by atoms with van der Waals surface area (Å²) >= 11 is 0. The molecule has 1 nitrogen and oxygen atoms in total. The first-order chi connectivity index (χ1) is 12.1. The van der Waals surface area contributed by atoms with E-state index in [4.69, 9.17) is 0 Å². The van der Waals surface area contributed by atoms with Gasteiger partial charge >= 0.3 is 0 Å². The number of rotatable bonds is 0. The minimum atomic E-state index is -0.187. The van der Waals surface area contributed by atoms with Gasteiger partial charge in [0, 0.05) is 16.7 Å². The first kappa shape index (κ1) is 21.7. The molecule has 0 aromatic heterocycles. The fraction of sp³-hybridized carbons (Fsp3) is 0.400. The van der Waals surface area contributed by atoms with Crippen molar-refractivity contribution < 1.29 is 4.79 Å². The number of benzene rings is 1. The first-order valence-corrected chi connectivity index (χ1v) is 9.35. The Morgan fingerprint density at radius 3 is 1.69 bits per heavy atom. The zero-order valence-electron chi connectivity index (χ0n) is 17.5. The summed E-state index contributed by atoms with van der Waals surface area (Å²) in [6.07, 6.45) is 5.87. The van der Waals surface area contributed by atoms with Gasteiger partial charge in [-0.15, -0.1) is 0 Å². The van der Waals surface area contributed by atoms with E-state index in [0.717, 1.165) is 22.3 Å². The second kappa shape index (κ2) is 8.86. The molecule has 0 heterocycles. The zero-order chi connectivity index (χ0) is 20.0. The molecule has 0 amide bonds. The number of hydrogen-bond donors (Lipinski definition) is 0. The quantitative estimate of drug-likeness (QED) is 0.488. The molecule has 2 rings (SSSR count). The fourth-order valence-electron chi connectivity index (χ4n) is 2.57. The molecule has 0 N–H and O–H groups in total. The zero-order valence-corrected chi connectivity index (χ0v) is 17.5. The number of carbonyl (C=O) groups is 1. The van der Waals surface area contributed by atoms with E-state index in [1.54, 1.807) is 0 Å². The molecule has 1 aliphatic rings. The highest BCUT2D eigenvalue weighted by Gasteiger charge is 2.33. The van der Waals surface area contributed by atoms with Crippen LogP contribution in [-0.4, -0.2) is 5.78 Å². The van der Waals surface area contributed by atoms with E-state index in [2.05, 4.69) is 53.4 Å². The van der Waals surface area contributed by atoms with Crippen LogP contribution >= 0.6 is 0 Å². The highest BCUT2D eigenvalue weighted by Crippen LogP contribution is 2.38. The maximum Gasteiger partial charge on any atom is 0.186 e. The van der Waals surface area contributed by atoms with E-state index in [9.17, 15) is 4.79 Å². The van der Waals surface area contributed by atoms with Gasteiger partial charge in [0.05, 0.1) is 0 Å². The topological polar surface area (TPSA) is 17.1 Å². The van der Waals surface area contributed by atoms with Crippen LogP contribution in [-0.2, 0) is 4.79 Å². The number of carbonyl (C=O) groups excluding carboxylic acids is 1. The SMILES string of the molecule is CC.CC(C)(C)C1=CC(=CC#Cc2ccccc2)C=C(C(C)(C)C)C1=O. The highest BCUT2D eigenvalue weighted by molar-refractivity contribution is 6.11. The molecule has 0 unspecified atom stereocenters. The first-order valence-electron chi connectivity index (χ1n) is 9.35. The molecule has 26 heavy (non-hydrogen) atoms. The van der Waals surface area contributed by atoms with Crippen molar-refractivity contribution >= 4 is 5.78 Å². The Morgan fingerprint density at radius 1 is 0.808 bits per heavy atom. The third kappa shape index (κ3) is 5.88. The van der Waals surface area contributed by atoms with Crippen molar-refractivity contribution in [2.75, 3.05) is 0 Å². The van der Waals surface area contributed by atoms with E-state index in [1.807, 2.05) is 62.4 Å². The van der Waals surface area contributed by atoms with Crippen LogP contribution < -0.4 is 0 Å². The fourth-order valence-corrected chi connectivity index (χ4v) is 2.57. The van der Waals surface area contributed by atoms with Crippen LogP contribution in [0.25, 0.3) is 0 Å². The lowest BCUT2D eigenvalue weighted by molar-refractivity contribution is -0.114. The van der Waals surface area contributed by atoms with Crippen molar-refractivity contribution in [2.45, 2.75) is 55.4 Å². The Morgan fingerprint density at radius 2 is 1.27 bits per heavy atom. The monoisotopic (exact) mass is 348 g/mol. The molecule has 0 saturated carbocycles. The molecular formula is C25H32O. The van der Waals surface area contributed by atoms with Gasteiger partial charge in [0.15, 0.2) is 5.78 Å². The van der Waals surface area contributed by atoms with Crippen molar-refractivity contribution in [2.24, 2.45) is 10.8 Å². The van der Waals surface area contributed by atoms with Crippen molar-refractivity contribution in [3.63, 3.8) is 0 Å². The number of hydrogen-bond acceptors (Lipinski definition) is 1. The van der Waals surface area contributed by atoms with Crippen LogP contribution in [0, 0.1) is 22.7 Å². The molecule has 0 bridgehead atoms. The average molecular weight is 349 g/mol. The summed E-state index contributed by atoms with van der Waals surface area (Å²) in [7, 11) is 0. The molecule has 0 atom stereocenters. The van der Waals surface area contributed by atoms with Crippen molar-refractivity contribution in [3.8, 4) is 11.8 Å². The Kier molecular flexibility index (Phi) is 7.40. The van der Waals surface area contributed by atoms with Crippen LogP contribution in [0.5, 0.6) is 0 Å². The van der Waals surface area contributed by atoms with Gasteiger partial charge in [-0.05, 0) is 46.8 Å². The van der Waals surface area contributed by atoms with Gasteiger partial charge in [-0.1, -0.05) is 85.4 Å². The van der Waals surface area contributed by atoms with E-state index in [1.165, 1.54) is 0 Å². The molecule has 1 aromatic rings. The Labute approximate surface area is 159 Å². The molecule has 0 fully saturated rings. The average Bonchev–Trinajstić information content (AvgIpc) is 2.57. The number of Topliss-reactive ketones (excluding diaryl/α,β-unsaturated/α-hetero) is 1. The maximum atomic E-state index is 12.9. The molecule has 138 valence electrons. The molecule has 1 heteroatoms. The van der Waals surface area contributed by atoms with E-state index < -0.39 is 0 Å². The van der Waals surface area contributed by atoms with E-state index in [0.29, 0.717) is 0 Å². The normalized spacial score (nSPS) is 14.3. The second-order valence-electron chi connectivity index (χ2n) is 8.22. The predicted molar refractivity (Wildman–Crippen MR) is 113 cm³/mol. The second-order valence-corrected chi connectivity index (χ2v) is 8.22. The molecular weight excluding hydrogens is 316 g/mol. The van der Waals surface area contributed by atoms with Gasteiger partial charge in [0.1, 0.15) is 0 Å². The van der Waals surface area contributed by atoms with Gasteiger partial charge in [0.25, 0.3) is 0 Å². The molecule has 1 aromatic carbocycles. The third-order valence-corrected chi connectivity index (χ3v) is 3.96. The minimum Gasteiger partial charge on any atom is -0.289 e. The predicted octanol–water partition coefficient (Wildman–Crippen LogP) is 6.52. The molecule has 1 aliphatic carbocycles.